The van der Waals surface area contributed by atoms with Gasteiger partial charge < -0.3 is 15.5 Å². The van der Waals surface area contributed by atoms with Crippen LogP contribution in [0.25, 0.3) is 10.8 Å². The number of amides is 2. The molecule has 0 spiro atoms. The van der Waals surface area contributed by atoms with Gasteiger partial charge in [-0.2, -0.15) is 0 Å². The molecule has 0 saturated carbocycles. The van der Waals surface area contributed by atoms with Gasteiger partial charge in [0.15, 0.2) is 0 Å². The van der Waals surface area contributed by atoms with Crippen LogP contribution in [0.2, 0.25) is 0 Å². The van der Waals surface area contributed by atoms with E-state index in [1.54, 1.807) is 0 Å². The van der Waals surface area contributed by atoms with Gasteiger partial charge in [-0.15, -0.1) is 0 Å². The zero-order chi connectivity index (χ0) is 20.1. The topological polar surface area (TPSA) is 61.4 Å². The monoisotopic (exact) mass is 379 g/mol. The van der Waals surface area contributed by atoms with Crippen LogP contribution in [0.4, 0.5) is 10.1 Å². The number of nitrogens with zero attached hydrogens (tertiary/aromatic N) is 1. The molecule has 3 rings (SSSR count). The van der Waals surface area contributed by atoms with Crippen LogP contribution in [0, 0.1) is 5.82 Å². The molecule has 2 N–H and O–H groups in total. The lowest BCUT2D eigenvalue weighted by molar-refractivity contribution is -0.136. The maximum atomic E-state index is 12.9. The minimum Gasteiger partial charge on any atom is -0.346 e. The molecule has 5 nitrogen and oxygen atoms in total. The smallest absolute Gasteiger partial charge is 0.313 e. The van der Waals surface area contributed by atoms with Crippen molar-refractivity contribution >= 4 is 28.3 Å². The Labute approximate surface area is 163 Å². The fourth-order valence-corrected chi connectivity index (χ4v) is 3.10. The Morgan fingerprint density at radius 1 is 0.929 bits per heavy atom. The highest BCUT2D eigenvalue weighted by Gasteiger charge is 2.20. The summed E-state index contributed by atoms with van der Waals surface area (Å²) in [5.41, 5.74) is 1.43. The van der Waals surface area contributed by atoms with Crippen molar-refractivity contribution in [3.05, 3.63) is 78.1 Å². The predicted octanol–water partition coefficient (Wildman–Crippen LogP) is 3.34. The first-order chi connectivity index (χ1) is 13.5. The molecule has 0 bridgehead atoms. The molecule has 3 aromatic carbocycles. The number of hydrogen-bond donors (Lipinski definition) is 2. The molecule has 0 aromatic heterocycles. The third-order valence-corrected chi connectivity index (χ3v) is 4.57. The molecule has 0 radical (unpaired) electrons. The molecule has 3 aromatic rings. The van der Waals surface area contributed by atoms with E-state index in [-0.39, 0.29) is 12.6 Å². The van der Waals surface area contributed by atoms with Crippen molar-refractivity contribution in [2.75, 3.05) is 26.0 Å². The third-order valence-electron chi connectivity index (χ3n) is 4.57. The van der Waals surface area contributed by atoms with E-state index >= 15 is 0 Å². The van der Waals surface area contributed by atoms with Crippen LogP contribution in [0.3, 0.4) is 0 Å². The number of nitrogens with one attached hydrogen (secondary N) is 2. The minimum atomic E-state index is -0.790. The van der Waals surface area contributed by atoms with Crippen molar-refractivity contribution in [1.29, 1.82) is 0 Å². The van der Waals surface area contributed by atoms with Crippen LogP contribution in [0.1, 0.15) is 11.6 Å². The third kappa shape index (κ3) is 4.53. The summed E-state index contributed by atoms with van der Waals surface area (Å²) in [5, 5.41) is 7.38. The van der Waals surface area contributed by atoms with Crippen LogP contribution in [0.15, 0.2) is 66.7 Å². The molecular formula is C22H22FN3O2. The van der Waals surface area contributed by atoms with Gasteiger partial charge in [-0.3, -0.25) is 9.59 Å². The number of fused-ring (bicyclic) bond motifs is 1. The number of likely N-dealkylation sites (N-methyl/N-ethyl adjacent to an activating group) is 1. The highest BCUT2D eigenvalue weighted by atomic mass is 19.1. The standard InChI is InChI=1S/C22H22FN3O2/c1-26(2)20(19-9-5-7-15-6-3-4-8-18(15)19)14-24-21(27)22(28)25-17-12-10-16(23)11-13-17/h3-13,20H,14H2,1-2H3,(H,24,27)(H,25,28)/t20-/m1/s1. The van der Waals surface area contributed by atoms with E-state index < -0.39 is 17.6 Å². The van der Waals surface area contributed by atoms with Crippen molar-refractivity contribution in [2.45, 2.75) is 6.04 Å². The van der Waals surface area contributed by atoms with Gasteiger partial charge in [0, 0.05) is 12.2 Å². The van der Waals surface area contributed by atoms with E-state index in [9.17, 15) is 14.0 Å². The summed E-state index contributed by atoms with van der Waals surface area (Å²) in [4.78, 5) is 26.3. The van der Waals surface area contributed by atoms with E-state index in [1.165, 1.54) is 24.3 Å². The Morgan fingerprint density at radius 3 is 2.32 bits per heavy atom. The fourth-order valence-electron chi connectivity index (χ4n) is 3.10. The Kier molecular flexibility index (Phi) is 6.01. The molecule has 0 aliphatic rings. The number of anilines is 1. The van der Waals surface area contributed by atoms with Crippen LogP contribution in [-0.4, -0.2) is 37.4 Å². The second-order valence-corrected chi connectivity index (χ2v) is 6.72. The average Bonchev–Trinajstić information content (AvgIpc) is 2.69. The maximum absolute atomic E-state index is 12.9. The first kappa shape index (κ1) is 19.5. The van der Waals surface area contributed by atoms with Gasteiger partial charge in [0.05, 0.1) is 6.04 Å². The van der Waals surface area contributed by atoms with Gasteiger partial charge in [-0.25, -0.2) is 4.39 Å². The lowest BCUT2D eigenvalue weighted by Gasteiger charge is -2.26. The Morgan fingerprint density at radius 2 is 1.61 bits per heavy atom. The highest BCUT2D eigenvalue weighted by molar-refractivity contribution is 6.39. The Hall–Kier alpha value is -3.25. The molecule has 0 aliphatic carbocycles. The first-order valence-corrected chi connectivity index (χ1v) is 8.94. The summed E-state index contributed by atoms with van der Waals surface area (Å²) in [6.45, 7) is 0.274. The van der Waals surface area contributed by atoms with Crippen LogP contribution in [0.5, 0.6) is 0 Å². The molecule has 144 valence electrons. The number of carbonyl (C=O) groups excluding carboxylic acids is 2. The van der Waals surface area contributed by atoms with Crippen molar-refractivity contribution in [3.8, 4) is 0 Å². The first-order valence-electron chi connectivity index (χ1n) is 8.94. The van der Waals surface area contributed by atoms with Crippen LogP contribution >= 0.6 is 0 Å². The van der Waals surface area contributed by atoms with Gasteiger partial charge in [-0.1, -0.05) is 42.5 Å². The van der Waals surface area contributed by atoms with E-state index in [0.29, 0.717) is 5.69 Å². The summed E-state index contributed by atoms with van der Waals surface area (Å²) < 4.78 is 12.9. The number of hydrogen-bond acceptors (Lipinski definition) is 3. The molecule has 28 heavy (non-hydrogen) atoms. The number of benzene rings is 3. The lowest BCUT2D eigenvalue weighted by Crippen LogP contribution is -2.40. The van der Waals surface area contributed by atoms with E-state index in [4.69, 9.17) is 0 Å². The van der Waals surface area contributed by atoms with Crippen LogP contribution < -0.4 is 10.6 Å². The Balaban J connectivity index is 1.70. The summed E-state index contributed by atoms with van der Waals surface area (Å²) in [6.07, 6.45) is 0. The summed E-state index contributed by atoms with van der Waals surface area (Å²) in [7, 11) is 3.86. The van der Waals surface area contributed by atoms with Gasteiger partial charge in [0.25, 0.3) is 0 Å². The number of halogens is 1. The van der Waals surface area contributed by atoms with Crippen molar-refractivity contribution < 1.29 is 14.0 Å². The Bertz CT molecular complexity index is 981. The van der Waals surface area contributed by atoms with Crippen molar-refractivity contribution in [1.82, 2.24) is 10.2 Å². The fraction of sp³-hybridized carbons (Fsp3) is 0.182. The second kappa shape index (κ2) is 8.63. The van der Waals surface area contributed by atoms with Gasteiger partial charge in [0.1, 0.15) is 5.82 Å². The van der Waals surface area contributed by atoms with Crippen molar-refractivity contribution in [3.63, 3.8) is 0 Å². The minimum absolute atomic E-state index is 0.103. The molecular weight excluding hydrogens is 357 g/mol. The second-order valence-electron chi connectivity index (χ2n) is 6.72. The molecule has 0 fully saturated rings. The molecule has 0 aliphatic heterocycles. The summed E-state index contributed by atoms with van der Waals surface area (Å²) >= 11 is 0. The van der Waals surface area contributed by atoms with Crippen molar-refractivity contribution in [2.24, 2.45) is 0 Å². The SMILES string of the molecule is CN(C)[C@H](CNC(=O)C(=O)Nc1ccc(F)cc1)c1cccc2ccccc12. The summed E-state index contributed by atoms with van der Waals surface area (Å²) in [6, 6.07) is 19.2. The van der Waals surface area contributed by atoms with Crippen LogP contribution in [-0.2, 0) is 9.59 Å². The van der Waals surface area contributed by atoms with E-state index in [1.807, 2.05) is 61.5 Å². The predicted molar refractivity (Wildman–Crippen MR) is 108 cm³/mol. The van der Waals surface area contributed by atoms with Gasteiger partial charge in [0.2, 0.25) is 0 Å². The van der Waals surface area contributed by atoms with E-state index in [2.05, 4.69) is 10.6 Å². The molecule has 0 saturated heterocycles. The number of carbonyl (C=O) groups is 2. The zero-order valence-corrected chi connectivity index (χ0v) is 15.8. The average molecular weight is 379 g/mol. The summed E-state index contributed by atoms with van der Waals surface area (Å²) in [5.74, 6) is -1.94. The quantitative estimate of drug-likeness (QED) is 0.669. The van der Waals surface area contributed by atoms with Gasteiger partial charge in [-0.05, 0) is 54.7 Å². The molecule has 1 atom stereocenters. The normalized spacial score (nSPS) is 12.0. The molecule has 0 unspecified atom stereocenters. The highest BCUT2D eigenvalue weighted by Crippen LogP contribution is 2.26. The molecule has 2 amide bonds. The lowest BCUT2D eigenvalue weighted by atomic mass is 9.98. The number of rotatable bonds is 5. The molecule has 0 heterocycles. The largest absolute Gasteiger partial charge is 0.346 e. The molecule has 6 heteroatoms. The van der Waals surface area contributed by atoms with Gasteiger partial charge >= 0.3 is 11.8 Å². The van der Waals surface area contributed by atoms with E-state index in [0.717, 1.165) is 16.3 Å². The maximum Gasteiger partial charge on any atom is 0.313 e. The zero-order valence-electron chi connectivity index (χ0n) is 15.8.